The van der Waals surface area contributed by atoms with Crippen molar-refractivity contribution in [1.29, 1.82) is 0 Å². The molecule has 0 bridgehead atoms. The predicted molar refractivity (Wildman–Crippen MR) is 63.0 cm³/mol. The van der Waals surface area contributed by atoms with E-state index >= 15 is 0 Å². The number of aromatic nitrogens is 1. The topological polar surface area (TPSA) is 71.6 Å². The number of pyridine rings is 1. The van der Waals surface area contributed by atoms with Crippen LogP contribution in [0.15, 0.2) is 23.4 Å². The molecule has 0 aliphatic carbocycles. The van der Waals surface area contributed by atoms with E-state index in [9.17, 15) is 4.79 Å². The van der Waals surface area contributed by atoms with Crippen molar-refractivity contribution in [3.05, 3.63) is 18.3 Å². The van der Waals surface area contributed by atoms with E-state index in [-0.39, 0.29) is 11.8 Å². The lowest BCUT2D eigenvalue weighted by atomic mass is 10.0. The van der Waals surface area contributed by atoms with E-state index in [2.05, 4.69) is 10.1 Å². The zero-order chi connectivity index (χ0) is 11.7. The van der Waals surface area contributed by atoms with Crippen LogP contribution in [-0.2, 0) is 4.79 Å². The summed E-state index contributed by atoms with van der Waals surface area (Å²) in [6.07, 6.45) is 2.33. The van der Waals surface area contributed by atoms with Crippen LogP contribution in [0.25, 0.3) is 0 Å². The minimum Gasteiger partial charge on any atom is -0.384 e. The third-order valence-corrected chi connectivity index (χ3v) is 2.69. The molecule has 5 nitrogen and oxygen atoms in total. The highest BCUT2D eigenvalue weighted by atomic mass is 16.2. The monoisotopic (exact) mass is 218 g/mol. The van der Waals surface area contributed by atoms with Crippen molar-refractivity contribution < 1.29 is 4.79 Å². The summed E-state index contributed by atoms with van der Waals surface area (Å²) in [5.74, 6) is 0.340. The lowest BCUT2D eigenvalue weighted by Crippen LogP contribution is -2.26. The van der Waals surface area contributed by atoms with Gasteiger partial charge in [-0.25, -0.2) is 4.98 Å². The Balaban J connectivity index is 2.30. The largest absolute Gasteiger partial charge is 0.384 e. The quantitative estimate of drug-likeness (QED) is 0.815. The molecule has 1 aliphatic rings. The van der Waals surface area contributed by atoms with Crippen molar-refractivity contribution >= 4 is 23.1 Å². The molecule has 2 rings (SSSR count). The number of rotatable bonds is 2. The fourth-order valence-corrected chi connectivity index (χ4v) is 1.78. The van der Waals surface area contributed by atoms with Crippen LogP contribution in [0.1, 0.15) is 20.3 Å². The average Bonchev–Trinajstić information content (AvgIpc) is 2.55. The van der Waals surface area contributed by atoms with Gasteiger partial charge >= 0.3 is 0 Å². The van der Waals surface area contributed by atoms with Crippen LogP contribution in [0, 0.1) is 5.92 Å². The Hall–Kier alpha value is -1.91. The highest BCUT2D eigenvalue weighted by Crippen LogP contribution is 2.25. The summed E-state index contributed by atoms with van der Waals surface area (Å²) in [6, 6.07) is 3.40. The molecule has 0 saturated heterocycles. The Morgan fingerprint density at radius 2 is 2.25 bits per heavy atom. The third kappa shape index (κ3) is 1.64. The third-order valence-electron chi connectivity index (χ3n) is 2.69. The molecule has 0 spiro atoms. The highest BCUT2D eigenvalue weighted by Gasteiger charge is 2.32. The molecule has 1 amide bonds. The standard InChI is InChI=1S/C11H14N4O/c1-3-9-7(2)14-15(11(9)16)8-4-5-10(12)13-6-8/h4-6,9H,3H2,1-2H3,(H2,12,13)/t9-/m0/s1. The number of anilines is 2. The molecular formula is C11H14N4O. The van der Waals surface area contributed by atoms with Gasteiger partial charge in [-0.3, -0.25) is 4.79 Å². The first-order valence-corrected chi connectivity index (χ1v) is 5.24. The first kappa shape index (κ1) is 10.6. The van der Waals surface area contributed by atoms with Crippen molar-refractivity contribution in [3.8, 4) is 0 Å². The van der Waals surface area contributed by atoms with E-state index in [1.165, 1.54) is 5.01 Å². The Kier molecular flexibility index (Phi) is 2.60. The summed E-state index contributed by atoms with van der Waals surface area (Å²) in [5.41, 5.74) is 7.00. The van der Waals surface area contributed by atoms with Crippen LogP contribution in [0.2, 0.25) is 0 Å². The molecule has 16 heavy (non-hydrogen) atoms. The van der Waals surface area contributed by atoms with E-state index in [0.29, 0.717) is 11.5 Å². The van der Waals surface area contributed by atoms with Gasteiger partial charge in [0.2, 0.25) is 0 Å². The molecule has 0 aromatic carbocycles. The summed E-state index contributed by atoms with van der Waals surface area (Å²) in [5, 5.41) is 5.64. The van der Waals surface area contributed by atoms with Crippen LogP contribution in [0.5, 0.6) is 0 Å². The average molecular weight is 218 g/mol. The Bertz CT molecular complexity index is 438. The van der Waals surface area contributed by atoms with Crippen molar-refractivity contribution in [2.75, 3.05) is 10.7 Å². The van der Waals surface area contributed by atoms with Gasteiger partial charge in [-0.2, -0.15) is 10.1 Å². The predicted octanol–water partition coefficient (Wildman–Crippen LogP) is 1.41. The van der Waals surface area contributed by atoms with Gasteiger partial charge < -0.3 is 5.73 Å². The number of hydrogen-bond donors (Lipinski definition) is 1. The van der Waals surface area contributed by atoms with Crippen LogP contribution in [0.3, 0.4) is 0 Å². The maximum Gasteiger partial charge on any atom is 0.256 e. The second-order valence-electron chi connectivity index (χ2n) is 3.79. The van der Waals surface area contributed by atoms with Gasteiger partial charge in [-0.1, -0.05) is 6.92 Å². The first-order valence-electron chi connectivity index (χ1n) is 5.24. The molecule has 0 fully saturated rings. The number of carbonyl (C=O) groups is 1. The number of nitrogen functional groups attached to an aromatic ring is 1. The molecular weight excluding hydrogens is 204 g/mol. The molecule has 1 aliphatic heterocycles. The summed E-state index contributed by atoms with van der Waals surface area (Å²) >= 11 is 0. The lowest BCUT2D eigenvalue weighted by Gasteiger charge is -2.12. The van der Waals surface area contributed by atoms with E-state index in [4.69, 9.17) is 5.73 Å². The van der Waals surface area contributed by atoms with Crippen molar-refractivity contribution in [2.45, 2.75) is 20.3 Å². The molecule has 0 saturated carbocycles. The molecule has 0 unspecified atom stereocenters. The SMILES string of the molecule is CC[C@@H]1C(=O)N(c2ccc(N)nc2)N=C1C. The molecule has 0 radical (unpaired) electrons. The Labute approximate surface area is 94.0 Å². The maximum atomic E-state index is 12.0. The summed E-state index contributed by atoms with van der Waals surface area (Å²) in [4.78, 5) is 15.9. The summed E-state index contributed by atoms with van der Waals surface area (Å²) < 4.78 is 0. The Morgan fingerprint density at radius 3 is 2.75 bits per heavy atom. The fraction of sp³-hybridized carbons (Fsp3) is 0.364. The Morgan fingerprint density at radius 1 is 1.50 bits per heavy atom. The van der Waals surface area contributed by atoms with Gasteiger partial charge in [0.25, 0.3) is 5.91 Å². The van der Waals surface area contributed by atoms with Crippen LogP contribution < -0.4 is 10.7 Å². The van der Waals surface area contributed by atoms with Crippen LogP contribution in [-0.4, -0.2) is 16.6 Å². The van der Waals surface area contributed by atoms with Gasteiger partial charge in [0, 0.05) is 5.71 Å². The van der Waals surface area contributed by atoms with Crippen molar-refractivity contribution in [3.63, 3.8) is 0 Å². The van der Waals surface area contributed by atoms with Crippen LogP contribution in [0.4, 0.5) is 11.5 Å². The molecule has 1 atom stereocenters. The van der Waals surface area contributed by atoms with Crippen molar-refractivity contribution in [1.82, 2.24) is 4.98 Å². The van der Waals surface area contributed by atoms with Gasteiger partial charge in [0.1, 0.15) is 5.82 Å². The summed E-state index contributed by atoms with van der Waals surface area (Å²) in [7, 11) is 0. The zero-order valence-corrected chi connectivity index (χ0v) is 9.34. The van der Waals surface area contributed by atoms with E-state index in [1.54, 1.807) is 18.3 Å². The second-order valence-corrected chi connectivity index (χ2v) is 3.79. The number of hydrogen-bond acceptors (Lipinski definition) is 4. The molecule has 1 aromatic rings. The zero-order valence-electron chi connectivity index (χ0n) is 9.34. The molecule has 2 N–H and O–H groups in total. The van der Waals surface area contributed by atoms with E-state index in [0.717, 1.165) is 12.1 Å². The minimum absolute atomic E-state index is 0.00608. The van der Waals surface area contributed by atoms with Crippen LogP contribution >= 0.6 is 0 Å². The lowest BCUT2D eigenvalue weighted by molar-refractivity contribution is -0.119. The number of carbonyl (C=O) groups excluding carboxylic acids is 1. The van der Waals surface area contributed by atoms with Gasteiger partial charge in [0.15, 0.2) is 0 Å². The molecule has 2 heterocycles. The number of hydrazone groups is 1. The van der Waals surface area contributed by atoms with E-state index in [1.807, 2.05) is 13.8 Å². The second kappa shape index (κ2) is 3.92. The summed E-state index contributed by atoms with van der Waals surface area (Å²) in [6.45, 7) is 3.85. The van der Waals surface area contributed by atoms with Crippen molar-refractivity contribution in [2.24, 2.45) is 11.0 Å². The number of amides is 1. The maximum absolute atomic E-state index is 12.0. The molecule has 1 aromatic heterocycles. The smallest absolute Gasteiger partial charge is 0.256 e. The normalized spacial score (nSPS) is 20.1. The number of nitrogens with zero attached hydrogens (tertiary/aromatic N) is 3. The molecule has 5 heteroatoms. The fourth-order valence-electron chi connectivity index (χ4n) is 1.78. The van der Waals surface area contributed by atoms with Gasteiger partial charge in [-0.05, 0) is 25.5 Å². The van der Waals surface area contributed by atoms with Gasteiger partial charge in [-0.15, -0.1) is 0 Å². The highest BCUT2D eigenvalue weighted by molar-refractivity contribution is 6.14. The van der Waals surface area contributed by atoms with Gasteiger partial charge in [0.05, 0.1) is 17.8 Å². The molecule has 84 valence electrons. The first-order chi connectivity index (χ1) is 7.63. The van der Waals surface area contributed by atoms with E-state index < -0.39 is 0 Å². The minimum atomic E-state index is -0.0995. The number of nitrogens with two attached hydrogens (primary N) is 1.